The van der Waals surface area contributed by atoms with Crippen molar-refractivity contribution in [3.63, 3.8) is 0 Å². The number of hydrogen-bond donors (Lipinski definition) is 1. The molecule has 1 fully saturated rings. The molecule has 0 heterocycles. The van der Waals surface area contributed by atoms with Crippen LogP contribution in [0, 0.1) is 11.8 Å². The molecular weight excluding hydrogens is 172 g/mol. The molecule has 1 aliphatic rings. The van der Waals surface area contributed by atoms with Crippen LogP contribution < -0.4 is 0 Å². The normalized spacial score (nSPS) is 28.1. The minimum Gasteiger partial charge on any atom is -0.481 e. The number of carbonyl (C=O) groups is 2. The number of esters is 1. The smallest absolute Gasteiger partial charge is 0.309 e. The van der Waals surface area contributed by atoms with E-state index in [-0.39, 0.29) is 5.97 Å². The van der Waals surface area contributed by atoms with E-state index in [4.69, 9.17) is 5.11 Å². The van der Waals surface area contributed by atoms with Gasteiger partial charge in [0.15, 0.2) is 0 Å². The first-order valence-electron chi connectivity index (χ1n) is 4.47. The molecule has 4 nitrogen and oxygen atoms in total. The van der Waals surface area contributed by atoms with Gasteiger partial charge in [0.1, 0.15) is 0 Å². The second-order valence-electron chi connectivity index (χ2n) is 3.36. The Morgan fingerprint density at radius 2 is 1.77 bits per heavy atom. The zero-order chi connectivity index (χ0) is 9.84. The molecule has 0 aromatic heterocycles. The molecule has 0 aliphatic heterocycles. The van der Waals surface area contributed by atoms with Gasteiger partial charge in [0, 0.05) is 0 Å². The van der Waals surface area contributed by atoms with Crippen molar-refractivity contribution >= 4 is 11.9 Å². The number of methoxy groups -OCH3 is 1. The van der Waals surface area contributed by atoms with E-state index in [0.717, 1.165) is 12.8 Å². The van der Waals surface area contributed by atoms with Gasteiger partial charge in [-0.25, -0.2) is 0 Å². The number of aliphatic carboxylic acids is 1. The molecule has 0 spiro atoms. The van der Waals surface area contributed by atoms with Gasteiger partial charge in [-0.3, -0.25) is 9.59 Å². The SMILES string of the molecule is COC(=O)[C@@H]1CCCC[C@@H]1C(=O)O. The Hall–Kier alpha value is -1.06. The summed E-state index contributed by atoms with van der Waals surface area (Å²) in [5.41, 5.74) is 0. The van der Waals surface area contributed by atoms with Crippen LogP contribution in [0.2, 0.25) is 0 Å². The molecular formula is C9H14O4. The minimum absolute atomic E-state index is 0.382. The number of carboxylic acids is 1. The van der Waals surface area contributed by atoms with Gasteiger partial charge in [0.05, 0.1) is 18.9 Å². The van der Waals surface area contributed by atoms with Crippen molar-refractivity contribution in [3.05, 3.63) is 0 Å². The summed E-state index contributed by atoms with van der Waals surface area (Å²) in [6, 6.07) is 0. The topological polar surface area (TPSA) is 63.6 Å². The molecule has 0 aromatic rings. The maximum absolute atomic E-state index is 11.2. The summed E-state index contributed by atoms with van der Waals surface area (Å²) in [5, 5.41) is 8.85. The van der Waals surface area contributed by atoms with Crippen LogP contribution in [0.1, 0.15) is 25.7 Å². The highest BCUT2D eigenvalue weighted by Crippen LogP contribution is 2.30. The van der Waals surface area contributed by atoms with Gasteiger partial charge in [-0.05, 0) is 12.8 Å². The molecule has 0 aromatic carbocycles. The fraction of sp³-hybridized carbons (Fsp3) is 0.778. The van der Waals surface area contributed by atoms with Crippen LogP contribution in [0.15, 0.2) is 0 Å². The van der Waals surface area contributed by atoms with Gasteiger partial charge in [0.2, 0.25) is 0 Å². The molecule has 1 aliphatic carbocycles. The van der Waals surface area contributed by atoms with Crippen molar-refractivity contribution in [2.24, 2.45) is 11.8 Å². The second-order valence-corrected chi connectivity index (χ2v) is 3.36. The monoisotopic (exact) mass is 186 g/mol. The molecule has 0 bridgehead atoms. The first kappa shape index (κ1) is 10.0. The van der Waals surface area contributed by atoms with Crippen LogP contribution in [0.3, 0.4) is 0 Å². The highest BCUT2D eigenvalue weighted by molar-refractivity contribution is 5.81. The summed E-state index contributed by atoms with van der Waals surface area (Å²) < 4.78 is 4.57. The van der Waals surface area contributed by atoms with Crippen LogP contribution in [-0.2, 0) is 14.3 Å². The molecule has 74 valence electrons. The molecule has 1 rings (SSSR count). The van der Waals surface area contributed by atoms with Crippen molar-refractivity contribution < 1.29 is 19.4 Å². The number of carboxylic acid groups (broad SMARTS) is 1. The molecule has 0 radical (unpaired) electrons. The average molecular weight is 186 g/mol. The van der Waals surface area contributed by atoms with Crippen LogP contribution in [0.5, 0.6) is 0 Å². The lowest BCUT2D eigenvalue weighted by Gasteiger charge is -2.25. The summed E-state index contributed by atoms with van der Waals surface area (Å²) in [4.78, 5) is 22.0. The van der Waals surface area contributed by atoms with E-state index in [1.807, 2.05) is 0 Å². The molecule has 13 heavy (non-hydrogen) atoms. The third-order valence-corrected chi connectivity index (χ3v) is 2.59. The van der Waals surface area contributed by atoms with E-state index in [9.17, 15) is 9.59 Å². The largest absolute Gasteiger partial charge is 0.481 e. The maximum Gasteiger partial charge on any atom is 0.309 e. The van der Waals surface area contributed by atoms with Crippen LogP contribution in [0.25, 0.3) is 0 Å². The van der Waals surface area contributed by atoms with Crippen molar-refractivity contribution in [2.75, 3.05) is 7.11 Å². The van der Waals surface area contributed by atoms with Crippen molar-refractivity contribution in [3.8, 4) is 0 Å². The third kappa shape index (κ3) is 2.20. The summed E-state index contributed by atoms with van der Waals surface area (Å²) in [5.74, 6) is -2.24. The number of ether oxygens (including phenoxy) is 1. The van der Waals surface area contributed by atoms with Crippen LogP contribution in [-0.4, -0.2) is 24.2 Å². The molecule has 2 atom stereocenters. The Bertz CT molecular complexity index is 212. The second kappa shape index (κ2) is 4.25. The summed E-state index contributed by atoms with van der Waals surface area (Å²) in [7, 11) is 1.30. The standard InChI is InChI=1S/C9H14O4/c1-13-9(12)7-5-3-2-4-6(7)8(10)11/h6-7H,2-5H2,1H3,(H,10,11)/t6-,7+/m0/s1. The van der Waals surface area contributed by atoms with E-state index in [0.29, 0.717) is 12.8 Å². The maximum atomic E-state index is 11.2. The fourth-order valence-electron chi connectivity index (χ4n) is 1.86. The first-order valence-corrected chi connectivity index (χ1v) is 4.47. The molecule has 0 amide bonds. The van der Waals surface area contributed by atoms with Crippen molar-refractivity contribution in [2.45, 2.75) is 25.7 Å². The Kier molecular flexibility index (Phi) is 3.28. The van der Waals surface area contributed by atoms with Gasteiger partial charge in [-0.15, -0.1) is 0 Å². The highest BCUT2D eigenvalue weighted by atomic mass is 16.5. The molecule has 1 saturated carbocycles. The lowest BCUT2D eigenvalue weighted by Crippen LogP contribution is -2.33. The van der Waals surface area contributed by atoms with Gasteiger partial charge >= 0.3 is 11.9 Å². The van der Waals surface area contributed by atoms with Gasteiger partial charge in [-0.2, -0.15) is 0 Å². The molecule has 1 N–H and O–H groups in total. The fourth-order valence-corrected chi connectivity index (χ4v) is 1.86. The number of hydrogen-bond acceptors (Lipinski definition) is 3. The summed E-state index contributed by atoms with van der Waals surface area (Å²) in [6.45, 7) is 0. The minimum atomic E-state index is -0.880. The molecule has 0 unspecified atom stereocenters. The Morgan fingerprint density at radius 1 is 1.23 bits per heavy atom. The highest BCUT2D eigenvalue weighted by Gasteiger charge is 2.36. The average Bonchev–Trinajstić information content (AvgIpc) is 2.16. The van der Waals surface area contributed by atoms with E-state index in [1.54, 1.807) is 0 Å². The van der Waals surface area contributed by atoms with E-state index < -0.39 is 17.8 Å². The predicted octanol–water partition coefficient (Wildman–Crippen LogP) is 1.05. The van der Waals surface area contributed by atoms with Gasteiger partial charge in [0.25, 0.3) is 0 Å². The van der Waals surface area contributed by atoms with Crippen LogP contribution in [0.4, 0.5) is 0 Å². The van der Waals surface area contributed by atoms with Crippen molar-refractivity contribution in [1.82, 2.24) is 0 Å². The van der Waals surface area contributed by atoms with E-state index in [2.05, 4.69) is 4.74 Å². The summed E-state index contributed by atoms with van der Waals surface area (Å²) in [6.07, 6.45) is 3.05. The van der Waals surface area contributed by atoms with Crippen molar-refractivity contribution in [1.29, 1.82) is 0 Å². The first-order chi connectivity index (χ1) is 6.16. The molecule has 4 heteroatoms. The van der Waals surface area contributed by atoms with Crippen LogP contribution >= 0.6 is 0 Å². The van der Waals surface area contributed by atoms with E-state index >= 15 is 0 Å². The number of rotatable bonds is 2. The zero-order valence-electron chi connectivity index (χ0n) is 7.66. The molecule has 0 saturated heterocycles. The summed E-state index contributed by atoms with van der Waals surface area (Å²) >= 11 is 0. The lowest BCUT2D eigenvalue weighted by molar-refractivity contribution is -0.157. The third-order valence-electron chi connectivity index (χ3n) is 2.59. The van der Waals surface area contributed by atoms with E-state index in [1.165, 1.54) is 7.11 Å². The Morgan fingerprint density at radius 3 is 2.23 bits per heavy atom. The van der Waals surface area contributed by atoms with Gasteiger partial charge < -0.3 is 9.84 Å². The Balaban J connectivity index is 2.67. The predicted molar refractivity (Wildman–Crippen MR) is 45.1 cm³/mol. The Labute approximate surface area is 76.9 Å². The zero-order valence-corrected chi connectivity index (χ0v) is 7.66. The number of carbonyl (C=O) groups excluding carboxylic acids is 1. The quantitative estimate of drug-likeness (QED) is 0.655. The lowest BCUT2D eigenvalue weighted by atomic mass is 9.79. The van der Waals surface area contributed by atoms with Gasteiger partial charge in [-0.1, -0.05) is 12.8 Å².